The second kappa shape index (κ2) is 26.9. The molecule has 0 aliphatic rings. The van der Waals surface area contributed by atoms with Crippen LogP contribution in [0.1, 0.15) is 77.6 Å². The van der Waals surface area contributed by atoms with Crippen molar-refractivity contribution >= 4 is 41.5 Å². The zero-order valence-corrected chi connectivity index (χ0v) is 27.2. The number of amides is 2. The molecule has 0 aliphatic carbocycles. The maximum atomic E-state index is 12.7. The van der Waals surface area contributed by atoms with E-state index in [0.717, 1.165) is 12.8 Å². The Morgan fingerprint density at radius 2 is 1.64 bits per heavy atom. The Labute approximate surface area is 270 Å². The number of carboxylic acids is 2. The van der Waals surface area contributed by atoms with E-state index < -0.39 is 53.7 Å². The van der Waals surface area contributed by atoms with Gasteiger partial charge in [0, 0.05) is 23.8 Å². The lowest BCUT2D eigenvalue weighted by Crippen LogP contribution is -2.50. The van der Waals surface area contributed by atoms with Crippen molar-refractivity contribution in [1.29, 1.82) is 0 Å². The molecule has 0 aromatic carbocycles. The third-order valence-electron chi connectivity index (χ3n) is 6.44. The van der Waals surface area contributed by atoms with Crippen molar-refractivity contribution in [3.8, 4) is 0 Å². The lowest BCUT2D eigenvalue weighted by atomic mass is 10.1. The van der Waals surface area contributed by atoms with Gasteiger partial charge in [-0.25, -0.2) is 0 Å². The van der Waals surface area contributed by atoms with Crippen molar-refractivity contribution in [2.24, 2.45) is 5.73 Å². The first-order valence-corrected chi connectivity index (χ1v) is 16.3. The number of carbonyl (C=O) groups excluding carboxylic acids is 3. The van der Waals surface area contributed by atoms with Crippen molar-refractivity contribution in [3.05, 3.63) is 48.6 Å². The molecule has 2 amide bonds. The number of esters is 1. The summed E-state index contributed by atoms with van der Waals surface area (Å²) in [6, 6.07) is -2.40. The fourth-order valence-electron chi connectivity index (χ4n) is 3.80. The number of carboxylic acid groups (broad SMARTS) is 2. The molecule has 0 unspecified atom stereocenters. The molecule has 0 saturated carbocycles. The molecule has 0 saturated heterocycles. The fourth-order valence-corrected chi connectivity index (χ4v) is 5.01. The maximum absolute atomic E-state index is 12.7. The highest BCUT2D eigenvalue weighted by atomic mass is 32.2. The third-order valence-corrected chi connectivity index (χ3v) is 7.82. The number of rotatable bonds is 26. The highest BCUT2D eigenvalue weighted by Gasteiger charge is 2.25. The van der Waals surface area contributed by atoms with Gasteiger partial charge in [-0.05, 0) is 38.5 Å². The number of allylic oxidation sites excluding steroid dienone is 7. The van der Waals surface area contributed by atoms with Gasteiger partial charge in [0.05, 0.1) is 13.2 Å². The fraction of sp³-hybridized carbons (Fsp3) is 0.594. The second-order valence-electron chi connectivity index (χ2n) is 10.3. The quantitative estimate of drug-likeness (QED) is 0.0199. The number of thioether (sulfide) groups is 1. The number of nitrogens with one attached hydrogen (secondary N) is 2. The third kappa shape index (κ3) is 23.6. The number of hydrogen-bond acceptors (Lipinski definition) is 9. The van der Waals surface area contributed by atoms with E-state index in [1.54, 1.807) is 12.2 Å². The highest BCUT2D eigenvalue weighted by molar-refractivity contribution is 8.00. The molecule has 0 bridgehead atoms. The molecule has 0 radical (unpaired) electrons. The monoisotopic (exact) mass is 657 g/mol. The van der Waals surface area contributed by atoms with Crippen molar-refractivity contribution < 1.29 is 44.0 Å². The summed E-state index contributed by atoms with van der Waals surface area (Å²) < 4.78 is 4.65. The van der Waals surface area contributed by atoms with Gasteiger partial charge in [-0.3, -0.25) is 24.0 Å². The minimum absolute atomic E-state index is 0.00931. The number of unbranched alkanes of at least 4 members (excludes halogenated alkanes) is 4. The summed E-state index contributed by atoms with van der Waals surface area (Å²) in [6.45, 7) is 1.52. The van der Waals surface area contributed by atoms with E-state index in [1.807, 2.05) is 24.3 Å². The number of carbonyl (C=O) groups is 5. The molecule has 254 valence electrons. The van der Waals surface area contributed by atoms with E-state index in [1.165, 1.54) is 38.1 Å². The van der Waals surface area contributed by atoms with Crippen LogP contribution in [-0.4, -0.2) is 87.9 Å². The van der Waals surface area contributed by atoms with E-state index in [-0.39, 0.29) is 31.0 Å². The Balaban J connectivity index is 5.44. The Morgan fingerprint density at radius 1 is 0.911 bits per heavy atom. The van der Waals surface area contributed by atoms with Crippen molar-refractivity contribution in [2.75, 3.05) is 19.4 Å². The Bertz CT molecular complexity index is 1010. The molecule has 0 spiro atoms. The largest absolute Gasteiger partial charge is 0.480 e. The molecule has 13 heteroatoms. The van der Waals surface area contributed by atoms with E-state index in [0.29, 0.717) is 19.3 Å². The number of aliphatic carboxylic acids is 2. The zero-order chi connectivity index (χ0) is 33.9. The average molecular weight is 658 g/mol. The Morgan fingerprint density at radius 3 is 2.31 bits per heavy atom. The minimum Gasteiger partial charge on any atom is -0.480 e. The van der Waals surface area contributed by atoms with Crippen LogP contribution in [0.5, 0.6) is 0 Å². The van der Waals surface area contributed by atoms with Crippen LogP contribution in [0.4, 0.5) is 0 Å². The molecule has 0 fully saturated rings. The van der Waals surface area contributed by atoms with Crippen molar-refractivity contribution in [2.45, 2.75) is 101 Å². The van der Waals surface area contributed by atoms with E-state index >= 15 is 0 Å². The second-order valence-corrected chi connectivity index (χ2v) is 11.5. The normalized spacial score (nSPS) is 14.5. The van der Waals surface area contributed by atoms with Gasteiger partial charge in [0.25, 0.3) is 0 Å². The van der Waals surface area contributed by atoms with Gasteiger partial charge in [-0.2, -0.15) is 0 Å². The lowest BCUT2D eigenvalue weighted by molar-refractivity contribution is -0.141. The summed E-state index contributed by atoms with van der Waals surface area (Å²) in [5.41, 5.74) is 5.46. The standard InChI is InChI=1S/C32H51N3O9S/c1-3-4-5-6-7-8-9-10-11-12-13-14-18-27(26(36)17-15-16-19-30(40)44-2)45-23-25(31(41)34-22-29(38)39)35-28(37)21-20-24(33)32(42)43/h7-8,10-14,18,24-27,36H,3-6,9,15-17,19-23,33H2,1-2H3,(H,34,41)(H,35,37)(H,38,39)(H,42,43)/b8-7+,11-10-,13-12+,18-14+/t24-,25-,26-,27+/m0/s1/i23+1,25+1,31+1,35+1. The van der Waals surface area contributed by atoms with Crippen LogP contribution in [0, 0.1) is 0 Å². The Kier molecular flexibility index (Phi) is 24.9. The first-order valence-electron chi connectivity index (χ1n) is 15.3. The number of aliphatic hydroxyl groups is 1. The van der Waals surface area contributed by atoms with Crippen LogP contribution >= 0.6 is 11.8 Å². The van der Waals surface area contributed by atoms with E-state index in [2.05, 4.69) is 34.4 Å². The van der Waals surface area contributed by atoms with Crippen LogP contribution in [-0.2, 0) is 28.7 Å². The van der Waals surface area contributed by atoms with Gasteiger partial charge >= 0.3 is 17.9 Å². The molecule has 0 aliphatic heterocycles. The minimum atomic E-state index is -1.26. The SMILES string of the molecule is CCCCC/C=C/C\C=C/C=C/C=C/[C@@H](S[13CH2][13C@H]([15NH]C(=O)CC[C@H](N)C(=O)O)[13C](=O)NCC(=O)O)[C@@H](O)CCCCC(=O)OC. The molecule has 4 atom stereocenters. The predicted octanol–water partition coefficient (Wildman–Crippen LogP) is 3.26. The molecule has 12 nitrogen and oxygen atoms in total. The van der Waals surface area contributed by atoms with Gasteiger partial charge in [0.1, 0.15) is 18.6 Å². The number of ether oxygens (including phenoxy) is 1. The van der Waals surface area contributed by atoms with Gasteiger partial charge in [-0.15, -0.1) is 11.8 Å². The molecule has 0 rings (SSSR count). The summed E-state index contributed by atoms with van der Waals surface area (Å²) in [5.74, 6) is -4.23. The molecule has 0 aromatic heterocycles. The first kappa shape index (κ1) is 41.6. The van der Waals surface area contributed by atoms with Gasteiger partial charge in [-0.1, -0.05) is 74.8 Å². The van der Waals surface area contributed by atoms with Crippen LogP contribution in [0.3, 0.4) is 0 Å². The predicted molar refractivity (Wildman–Crippen MR) is 175 cm³/mol. The molecule has 0 heterocycles. The van der Waals surface area contributed by atoms with E-state index in [4.69, 9.17) is 15.9 Å². The topological polar surface area (TPSA) is 205 Å². The van der Waals surface area contributed by atoms with Crippen molar-refractivity contribution in [1.82, 2.24) is 10.6 Å². The zero-order valence-electron chi connectivity index (χ0n) is 26.4. The number of methoxy groups -OCH3 is 1. The van der Waals surface area contributed by atoms with E-state index in [9.17, 15) is 29.1 Å². The lowest BCUT2D eigenvalue weighted by Gasteiger charge is -2.23. The summed E-state index contributed by atoms with van der Waals surface area (Å²) in [5, 5.41) is 33.1. The molecule has 7 N–H and O–H groups in total. The highest BCUT2D eigenvalue weighted by Crippen LogP contribution is 2.22. The summed E-state index contributed by atoms with van der Waals surface area (Å²) in [6.07, 6.45) is 21.4. The van der Waals surface area contributed by atoms with Crippen LogP contribution in [0.25, 0.3) is 0 Å². The number of nitrogens with two attached hydrogens (primary N) is 1. The Hall–Kier alpha value is -3.42. The number of hydrogen-bond donors (Lipinski definition) is 6. The summed E-state index contributed by atoms with van der Waals surface area (Å²) in [7, 11) is 1.31. The van der Waals surface area contributed by atoms with Crippen LogP contribution < -0.4 is 16.4 Å². The summed E-state index contributed by atoms with van der Waals surface area (Å²) in [4.78, 5) is 58.5. The average Bonchev–Trinajstić information content (AvgIpc) is 3.01. The van der Waals surface area contributed by atoms with Gasteiger partial charge < -0.3 is 36.4 Å². The maximum Gasteiger partial charge on any atom is 0.322 e. The van der Waals surface area contributed by atoms with Gasteiger partial charge in [0.2, 0.25) is 11.8 Å². The van der Waals surface area contributed by atoms with Crippen LogP contribution in [0.15, 0.2) is 48.6 Å². The number of aliphatic hydroxyl groups excluding tert-OH is 1. The molecule has 45 heavy (non-hydrogen) atoms. The smallest absolute Gasteiger partial charge is 0.322 e. The molecule has 0 aromatic rings. The summed E-state index contributed by atoms with van der Waals surface area (Å²) >= 11 is 1.19. The van der Waals surface area contributed by atoms with Crippen molar-refractivity contribution in [3.63, 3.8) is 0 Å². The van der Waals surface area contributed by atoms with Gasteiger partial charge in [0.15, 0.2) is 0 Å². The molecular weight excluding hydrogens is 606 g/mol. The first-order chi connectivity index (χ1) is 21.5. The molecular formula is C32H51N3O9S. The van der Waals surface area contributed by atoms with Crippen LogP contribution in [0.2, 0.25) is 0 Å².